The van der Waals surface area contributed by atoms with Crippen LogP contribution in [0.25, 0.3) is 0 Å². The van der Waals surface area contributed by atoms with Gasteiger partial charge in [0.25, 0.3) is 0 Å². The third-order valence-corrected chi connectivity index (χ3v) is 5.55. The van der Waals surface area contributed by atoms with Gasteiger partial charge in [-0.05, 0) is 46.1 Å². The summed E-state index contributed by atoms with van der Waals surface area (Å²) in [6.45, 7) is 8.36. The van der Waals surface area contributed by atoms with Crippen LogP contribution in [0.5, 0.6) is 0 Å². The molecule has 0 unspecified atom stereocenters. The number of carbonyl (C=O) groups is 1. The van der Waals surface area contributed by atoms with Crippen LogP contribution in [0, 0.1) is 11.8 Å². The summed E-state index contributed by atoms with van der Waals surface area (Å²) in [5.74, 6) is 0.515. The van der Waals surface area contributed by atoms with E-state index in [1.54, 1.807) is 6.26 Å². The molecule has 3 aliphatic rings. The standard InChI is InChI=1S/C16H24O4/c1-11(17)20-14(2,3)12-5-6-13-10-19-15(4)7-8-18-16(13,15)9-12/h7-8,12-13H,5-6,9-10H2,1-4H3/t12-,13+,15-,16-/m1/s1. The molecule has 1 saturated heterocycles. The molecule has 0 aromatic rings. The van der Waals surface area contributed by atoms with Gasteiger partial charge in [0.2, 0.25) is 0 Å². The second-order valence-corrected chi connectivity index (χ2v) is 7.10. The Morgan fingerprint density at radius 2 is 2.15 bits per heavy atom. The van der Waals surface area contributed by atoms with Crippen molar-refractivity contribution in [2.45, 2.75) is 63.8 Å². The summed E-state index contributed by atoms with van der Waals surface area (Å²) in [7, 11) is 0. The predicted molar refractivity (Wildman–Crippen MR) is 74.0 cm³/mol. The molecular weight excluding hydrogens is 256 g/mol. The Morgan fingerprint density at radius 3 is 2.85 bits per heavy atom. The molecule has 1 aliphatic carbocycles. The normalized spacial score (nSPS) is 42.8. The zero-order valence-corrected chi connectivity index (χ0v) is 12.8. The molecule has 1 spiro atoms. The lowest BCUT2D eigenvalue weighted by Crippen LogP contribution is -2.56. The van der Waals surface area contributed by atoms with E-state index >= 15 is 0 Å². The number of carbonyl (C=O) groups excluding carboxylic acids is 1. The Balaban J connectivity index is 1.84. The van der Waals surface area contributed by atoms with Gasteiger partial charge in [-0.25, -0.2) is 0 Å². The summed E-state index contributed by atoms with van der Waals surface area (Å²) < 4.78 is 17.6. The van der Waals surface area contributed by atoms with Gasteiger partial charge in [0, 0.05) is 18.8 Å². The van der Waals surface area contributed by atoms with Gasteiger partial charge < -0.3 is 14.2 Å². The van der Waals surface area contributed by atoms with Crippen molar-refractivity contribution in [3.05, 3.63) is 12.3 Å². The van der Waals surface area contributed by atoms with Crippen LogP contribution in [0.15, 0.2) is 12.3 Å². The van der Waals surface area contributed by atoms with Gasteiger partial charge >= 0.3 is 5.97 Å². The van der Waals surface area contributed by atoms with Crippen molar-refractivity contribution in [1.82, 2.24) is 0 Å². The Morgan fingerprint density at radius 1 is 1.40 bits per heavy atom. The number of hydrogen-bond donors (Lipinski definition) is 0. The van der Waals surface area contributed by atoms with E-state index in [-0.39, 0.29) is 17.2 Å². The fourth-order valence-electron chi connectivity index (χ4n) is 4.28. The van der Waals surface area contributed by atoms with Crippen LogP contribution in [0.2, 0.25) is 0 Å². The van der Waals surface area contributed by atoms with Crippen molar-refractivity contribution in [2.75, 3.05) is 6.61 Å². The van der Waals surface area contributed by atoms with E-state index in [4.69, 9.17) is 14.2 Å². The summed E-state index contributed by atoms with van der Waals surface area (Å²) in [6.07, 6.45) is 6.81. The van der Waals surface area contributed by atoms with Crippen LogP contribution in [0.1, 0.15) is 47.0 Å². The first-order chi connectivity index (χ1) is 9.29. The van der Waals surface area contributed by atoms with E-state index in [1.807, 2.05) is 19.9 Å². The fraction of sp³-hybridized carbons (Fsp3) is 0.812. The van der Waals surface area contributed by atoms with Crippen molar-refractivity contribution >= 4 is 5.97 Å². The van der Waals surface area contributed by atoms with E-state index in [9.17, 15) is 4.79 Å². The van der Waals surface area contributed by atoms with Gasteiger partial charge in [0.1, 0.15) is 16.8 Å². The Labute approximate surface area is 120 Å². The zero-order valence-electron chi connectivity index (χ0n) is 12.8. The molecule has 0 bridgehead atoms. The van der Waals surface area contributed by atoms with Gasteiger partial charge in [-0.15, -0.1) is 0 Å². The van der Waals surface area contributed by atoms with E-state index < -0.39 is 5.60 Å². The molecule has 1 saturated carbocycles. The Bertz CT molecular complexity index is 455. The molecule has 0 amide bonds. The molecular formula is C16H24O4. The first-order valence-corrected chi connectivity index (χ1v) is 7.48. The molecule has 3 rings (SSSR count). The average Bonchev–Trinajstić information content (AvgIpc) is 2.77. The highest BCUT2D eigenvalue weighted by molar-refractivity contribution is 5.66. The average molecular weight is 280 g/mol. The molecule has 4 nitrogen and oxygen atoms in total. The smallest absolute Gasteiger partial charge is 0.303 e. The van der Waals surface area contributed by atoms with Crippen LogP contribution in [0.3, 0.4) is 0 Å². The molecule has 0 aromatic heterocycles. The summed E-state index contributed by atoms with van der Waals surface area (Å²) in [4.78, 5) is 11.3. The quantitative estimate of drug-likeness (QED) is 0.730. The molecule has 0 radical (unpaired) electrons. The number of esters is 1. The monoisotopic (exact) mass is 280 g/mol. The van der Waals surface area contributed by atoms with Gasteiger partial charge in [-0.3, -0.25) is 4.79 Å². The van der Waals surface area contributed by atoms with Crippen molar-refractivity contribution in [1.29, 1.82) is 0 Å². The third kappa shape index (κ3) is 1.80. The highest BCUT2D eigenvalue weighted by Crippen LogP contribution is 2.57. The topological polar surface area (TPSA) is 44.8 Å². The summed E-state index contributed by atoms with van der Waals surface area (Å²) in [5.41, 5.74) is -1.06. The Kier molecular flexibility index (Phi) is 2.95. The maximum atomic E-state index is 11.3. The number of ether oxygens (including phenoxy) is 3. The van der Waals surface area contributed by atoms with Crippen LogP contribution in [-0.2, 0) is 19.0 Å². The highest BCUT2D eigenvalue weighted by atomic mass is 16.6. The predicted octanol–water partition coefficient (Wildman–Crippen LogP) is 2.82. The molecule has 0 N–H and O–H groups in total. The second kappa shape index (κ2) is 4.23. The molecule has 112 valence electrons. The number of hydrogen-bond acceptors (Lipinski definition) is 4. The minimum absolute atomic E-state index is 0.217. The van der Waals surface area contributed by atoms with E-state index in [2.05, 4.69) is 6.92 Å². The lowest BCUT2D eigenvalue weighted by molar-refractivity contribution is -0.169. The highest BCUT2D eigenvalue weighted by Gasteiger charge is 2.65. The minimum atomic E-state index is -0.457. The van der Waals surface area contributed by atoms with Crippen molar-refractivity contribution in [2.24, 2.45) is 11.8 Å². The van der Waals surface area contributed by atoms with Crippen LogP contribution in [0.4, 0.5) is 0 Å². The van der Waals surface area contributed by atoms with Crippen LogP contribution >= 0.6 is 0 Å². The maximum Gasteiger partial charge on any atom is 0.303 e. The largest absolute Gasteiger partial charge is 0.491 e. The van der Waals surface area contributed by atoms with Crippen molar-refractivity contribution < 1.29 is 19.0 Å². The van der Waals surface area contributed by atoms with Gasteiger partial charge in [0.05, 0.1) is 12.9 Å². The first-order valence-electron chi connectivity index (χ1n) is 7.48. The molecule has 2 heterocycles. The molecule has 4 heteroatoms. The van der Waals surface area contributed by atoms with Gasteiger partial charge in [-0.1, -0.05) is 0 Å². The minimum Gasteiger partial charge on any atom is -0.491 e. The lowest BCUT2D eigenvalue weighted by Gasteiger charge is -2.48. The summed E-state index contributed by atoms with van der Waals surface area (Å²) in [6, 6.07) is 0. The van der Waals surface area contributed by atoms with Gasteiger partial charge in [0.15, 0.2) is 0 Å². The molecule has 20 heavy (non-hydrogen) atoms. The molecule has 0 aromatic carbocycles. The van der Waals surface area contributed by atoms with E-state index in [1.165, 1.54) is 6.92 Å². The van der Waals surface area contributed by atoms with Crippen LogP contribution in [-0.4, -0.2) is 29.4 Å². The first kappa shape index (κ1) is 13.9. The van der Waals surface area contributed by atoms with Crippen LogP contribution < -0.4 is 0 Å². The third-order valence-electron chi connectivity index (χ3n) is 5.55. The van der Waals surface area contributed by atoms with Crippen molar-refractivity contribution in [3.8, 4) is 0 Å². The van der Waals surface area contributed by atoms with Gasteiger partial charge in [-0.2, -0.15) is 0 Å². The summed E-state index contributed by atoms with van der Waals surface area (Å²) >= 11 is 0. The van der Waals surface area contributed by atoms with E-state index in [0.717, 1.165) is 25.9 Å². The SMILES string of the molecule is CC(=O)OC(C)(C)[C@@H]1CC[C@H]2CO[C@]3(C)C=CO[C@]23C1. The second-order valence-electron chi connectivity index (χ2n) is 7.10. The molecule has 2 aliphatic heterocycles. The zero-order chi connectivity index (χ0) is 14.6. The summed E-state index contributed by atoms with van der Waals surface area (Å²) in [5, 5.41) is 0. The van der Waals surface area contributed by atoms with E-state index in [0.29, 0.717) is 11.8 Å². The number of rotatable bonds is 2. The Hall–Kier alpha value is -1.03. The fourth-order valence-corrected chi connectivity index (χ4v) is 4.28. The van der Waals surface area contributed by atoms with Crippen molar-refractivity contribution in [3.63, 3.8) is 0 Å². The maximum absolute atomic E-state index is 11.3. The molecule has 4 atom stereocenters. The molecule has 2 fully saturated rings. The lowest BCUT2D eigenvalue weighted by atomic mass is 9.63.